The van der Waals surface area contributed by atoms with Gasteiger partial charge < -0.3 is 20.2 Å². The lowest BCUT2D eigenvalue weighted by Gasteiger charge is -2.36. The maximum absolute atomic E-state index is 13.8. The molecule has 1 aliphatic heterocycles. The molecule has 6 nitrogen and oxygen atoms in total. The van der Waals surface area contributed by atoms with Crippen LogP contribution in [0.15, 0.2) is 48.5 Å². The van der Waals surface area contributed by atoms with Crippen molar-refractivity contribution >= 4 is 11.9 Å². The smallest absolute Gasteiger partial charge is 0.396 e. The SMILES string of the molecule is CN(C(=O)C(C)(C)c1cc(C(F)(F)F)cc(C(F)(F)F)c1)[C@@H]1CN(C(=O)NCCCO)C[C@H]1c1ccccc1. The Morgan fingerprint density at radius 2 is 1.49 bits per heavy atom. The zero-order valence-corrected chi connectivity index (χ0v) is 21.7. The second-order valence-electron chi connectivity index (χ2n) is 10.1. The molecule has 1 aliphatic rings. The van der Waals surface area contributed by atoms with E-state index in [0.29, 0.717) is 18.6 Å². The highest BCUT2D eigenvalue weighted by Crippen LogP contribution is 2.40. The summed E-state index contributed by atoms with van der Waals surface area (Å²) in [4.78, 5) is 29.3. The molecule has 0 aliphatic carbocycles. The topological polar surface area (TPSA) is 72.9 Å². The van der Waals surface area contributed by atoms with Gasteiger partial charge in [-0.25, -0.2) is 4.79 Å². The molecule has 2 aromatic rings. The summed E-state index contributed by atoms with van der Waals surface area (Å²) in [5.74, 6) is -1.05. The molecule has 39 heavy (non-hydrogen) atoms. The van der Waals surface area contributed by atoms with Gasteiger partial charge in [0.1, 0.15) is 0 Å². The van der Waals surface area contributed by atoms with Gasteiger partial charge in [0.15, 0.2) is 0 Å². The number of amides is 3. The predicted octanol–water partition coefficient (Wildman–Crippen LogP) is 5.02. The molecule has 0 radical (unpaired) electrons. The number of hydrogen-bond acceptors (Lipinski definition) is 3. The number of aliphatic hydroxyl groups is 1. The number of urea groups is 1. The van der Waals surface area contributed by atoms with E-state index in [1.807, 2.05) is 12.1 Å². The fraction of sp³-hybridized carbons (Fsp3) is 0.481. The molecular formula is C27H31F6N3O3. The van der Waals surface area contributed by atoms with Gasteiger partial charge >= 0.3 is 18.4 Å². The van der Waals surface area contributed by atoms with E-state index >= 15 is 0 Å². The number of rotatable bonds is 7. The van der Waals surface area contributed by atoms with E-state index in [4.69, 9.17) is 5.11 Å². The van der Waals surface area contributed by atoms with E-state index < -0.39 is 52.4 Å². The number of halogens is 6. The summed E-state index contributed by atoms with van der Waals surface area (Å²) in [7, 11) is 1.44. The standard InChI is InChI=1S/C27H31F6N3O3/c1-25(2,18-12-19(26(28,29)30)14-20(13-18)27(31,32)33)23(38)35(3)22-16-36(24(39)34-10-7-11-37)15-21(22)17-8-5-4-6-9-17/h4-6,8-9,12-14,21-22,37H,7,10-11,15-16H2,1-3H3,(H,34,39)/t21-,22+/m0/s1. The van der Waals surface area contributed by atoms with Crippen molar-refractivity contribution in [3.63, 3.8) is 0 Å². The lowest BCUT2D eigenvalue weighted by molar-refractivity contribution is -0.144. The number of nitrogens with zero attached hydrogens (tertiary/aromatic N) is 2. The first-order chi connectivity index (χ1) is 18.1. The van der Waals surface area contributed by atoms with Gasteiger partial charge in [0.2, 0.25) is 5.91 Å². The van der Waals surface area contributed by atoms with E-state index in [1.165, 1.54) is 30.7 Å². The van der Waals surface area contributed by atoms with E-state index in [2.05, 4.69) is 5.32 Å². The highest BCUT2D eigenvalue weighted by molar-refractivity contribution is 5.88. The fourth-order valence-corrected chi connectivity index (χ4v) is 4.79. The van der Waals surface area contributed by atoms with Crippen LogP contribution in [0.4, 0.5) is 31.1 Å². The molecule has 0 saturated carbocycles. The molecule has 3 rings (SSSR count). The number of aliphatic hydroxyl groups excluding tert-OH is 1. The first kappa shape index (κ1) is 30.3. The van der Waals surface area contributed by atoms with Crippen LogP contribution >= 0.6 is 0 Å². The van der Waals surface area contributed by atoms with E-state index in [1.54, 1.807) is 18.2 Å². The molecule has 12 heteroatoms. The van der Waals surface area contributed by atoms with Crippen LogP contribution in [0.1, 0.15) is 48.4 Å². The number of benzene rings is 2. The van der Waals surface area contributed by atoms with Crippen molar-refractivity contribution in [1.29, 1.82) is 0 Å². The van der Waals surface area contributed by atoms with Crippen LogP contribution in [0.2, 0.25) is 0 Å². The summed E-state index contributed by atoms with van der Waals surface area (Å²) in [5, 5.41) is 11.7. The molecule has 0 aromatic heterocycles. The largest absolute Gasteiger partial charge is 0.416 e. The van der Waals surface area contributed by atoms with Gasteiger partial charge in [0.05, 0.1) is 22.6 Å². The van der Waals surface area contributed by atoms with Crippen molar-refractivity contribution in [3.05, 3.63) is 70.8 Å². The Morgan fingerprint density at radius 3 is 2.00 bits per heavy atom. The molecule has 214 valence electrons. The van der Waals surface area contributed by atoms with Crippen molar-refractivity contribution in [2.24, 2.45) is 0 Å². The molecule has 1 heterocycles. The van der Waals surface area contributed by atoms with Crippen LogP contribution < -0.4 is 5.32 Å². The second-order valence-corrected chi connectivity index (χ2v) is 10.1. The molecule has 0 bridgehead atoms. The quantitative estimate of drug-likeness (QED) is 0.370. The Kier molecular flexibility index (Phi) is 8.88. The van der Waals surface area contributed by atoms with Crippen LogP contribution in [0.3, 0.4) is 0 Å². The van der Waals surface area contributed by atoms with Gasteiger partial charge in [-0.2, -0.15) is 26.3 Å². The summed E-state index contributed by atoms with van der Waals surface area (Å²) in [6, 6.07) is 9.23. The number of alkyl halides is 6. The molecule has 2 aromatic carbocycles. The molecule has 3 amide bonds. The Bertz CT molecular complexity index is 1140. The molecule has 1 saturated heterocycles. The minimum atomic E-state index is -5.05. The third kappa shape index (κ3) is 6.84. The minimum Gasteiger partial charge on any atom is -0.396 e. The predicted molar refractivity (Wildman–Crippen MR) is 132 cm³/mol. The molecule has 0 unspecified atom stereocenters. The van der Waals surface area contributed by atoms with Crippen LogP contribution in [-0.4, -0.2) is 66.2 Å². The van der Waals surface area contributed by atoms with Crippen molar-refractivity contribution in [1.82, 2.24) is 15.1 Å². The summed E-state index contributed by atoms with van der Waals surface area (Å²) in [6.45, 7) is 3.04. The minimum absolute atomic E-state index is 0.0312. The van der Waals surface area contributed by atoms with Crippen LogP contribution in [0.5, 0.6) is 0 Å². The summed E-state index contributed by atoms with van der Waals surface area (Å²) < 4.78 is 80.9. The Morgan fingerprint density at radius 1 is 0.949 bits per heavy atom. The zero-order valence-electron chi connectivity index (χ0n) is 21.7. The second kappa shape index (κ2) is 11.4. The normalized spacial score (nSPS) is 18.3. The summed E-state index contributed by atoms with van der Waals surface area (Å²) in [6.07, 6.45) is -9.74. The number of likely N-dealkylation sites (tertiary alicyclic amines) is 1. The number of nitrogens with one attached hydrogen (secondary N) is 1. The fourth-order valence-electron chi connectivity index (χ4n) is 4.79. The van der Waals surface area contributed by atoms with Crippen LogP contribution in [0.25, 0.3) is 0 Å². The van der Waals surface area contributed by atoms with Crippen molar-refractivity contribution in [2.45, 2.75) is 50.0 Å². The monoisotopic (exact) mass is 559 g/mol. The number of likely N-dealkylation sites (N-methyl/N-ethyl adjacent to an activating group) is 1. The van der Waals surface area contributed by atoms with E-state index in [9.17, 15) is 35.9 Å². The third-order valence-corrected chi connectivity index (χ3v) is 7.08. The lowest BCUT2D eigenvalue weighted by atomic mass is 9.80. The van der Waals surface area contributed by atoms with Gasteiger partial charge in [-0.15, -0.1) is 0 Å². The first-order valence-corrected chi connectivity index (χ1v) is 12.3. The van der Waals surface area contributed by atoms with Gasteiger partial charge in [0.25, 0.3) is 0 Å². The maximum atomic E-state index is 13.8. The molecule has 2 N–H and O–H groups in total. The average Bonchev–Trinajstić information content (AvgIpc) is 3.33. The van der Waals surface area contributed by atoms with Gasteiger partial charge in [-0.3, -0.25) is 4.79 Å². The molecular weight excluding hydrogens is 528 g/mol. The summed E-state index contributed by atoms with van der Waals surface area (Å²) >= 11 is 0. The van der Waals surface area contributed by atoms with Crippen molar-refractivity contribution in [2.75, 3.05) is 33.3 Å². The maximum Gasteiger partial charge on any atom is 0.416 e. The van der Waals surface area contributed by atoms with Crippen LogP contribution in [-0.2, 0) is 22.6 Å². The first-order valence-electron chi connectivity index (χ1n) is 12.3. The van der Waals surface area contributed by atoms with Crippen LogP contribution in [0, 0.1) is 0 Å². The highest BCUT2D eigenvalue weighted by atomic mass is 19.4. The lowest BCUT2D eigenvalue weighted by Crippen LogP contribution is -2.49. The number of carbonyl (C=O) groups excluding carboxylic acids is 2. The summed E-state index contributed by atoms with van der Waals surface area (Å²) in [5.41, 5.74) is -4.35. The molecule has 1 fully saturated rings. The Balaban J connectivity index is 1.96. The molecule has 0 spiro atoms. The zero-order chi connectivity index (χ0) is 29.2. The molecule has 2 atom stereocenters. The van der Waals surface area contributed by atoms with E-state index in [-0.39, 0.29) is 38.2 Å². The Hall–Kier alpha value is -3.28. The average molecular weight is 560 g/mol. The van der Waals surface area contributed by atoms with Gasteiger partial charge in [-0.1, -0.05) is 30.3 Å². The Labute approximate surface area is 222 Å². The third-order valence-electron chi connectivity index (χ3n) is 7.08. The van der Waals surface area contributed by atoms with Crippen molar-refractivity contribution in [3.8, 4) is 0 Å². The number of hydrogen-bond donors (Lipinski definition) is 2. The number of carbonyl (C=O) groups is 2. The van der Waals surface area contributed by atoms with Gasteiger partial charge in [-0.05, 0) is 49.6 Å². The van der Waals surface area contributed by atoms with Gasteiger partial charge in [0, 0.05) is 39.2 Å². The van der Waals surface area contributed by atoms with E-state index in [0.717, 1.165) is 5.56 Å². The highest BCUT2D eigenvalue weighted by Gasteiger charge is 2.45. The van der Waals surface area contributed by atoms with Crippen molar-refractivity contribution < 1.29 is 41.0 Å².